The molecule has 0 atom stereocenters. The molecule has 0 radical (unpaired) electrons. The van der Waals surface area contributed by atoms with Gasteiger partial charge >= 0.3 is 13.0 Å². The lowest BCUT2D eigenvalue weighted by Gasteiger charge is -2.20. The molecule has 3 rings (SSSR count). The smallest absolute Gasteiger partial charge is 0.402 e. The molecule has 4 nitrogen and oxygen atoms in total. The lowest BCUT2D eigenvalue weighted by molar-refractivity contribution is -0.137. The average molecular weight is 388 g/mol. The second-order valence-corrected chi connectivity index (χ2v) is 6.32. The Hall–Kier alpha value is -2.79. The number of rotatable bonds is 4. The highest BCUT2D eigenvalue weighted by atomic mass is 19.4. The number of hydrogen-bond acceptors (Lipinski definition) is 4. The highest BCUT2D eigenvalue weighted by molar-refractivity contribution is 6.71. The van der Waals surface area contributed by atoms with E-state index in [0.717, 1.165) is 49.0 Å². The van der Waals surface area contributed by atoms with Crippen molar-refractivity contribution in [2.45, 2.75) is 25.5 Å². The van der Waals surface area contributed by atoms with Crippen LogP contribution in [-0.4, -0.2) is 26.8 Å². The summed E-state index contributed by atoms with van der Waals surface area (Å²) in [5.74, 6) is 2.29. The molecule has 2 aromatic carbocycles. The molecule has 0 amide bonds. The van der Waals surface area contributed by atoms with Crippen LogP contribution in [0.3, 0.4) is 0 Å². The molecule has 0 unspecified atom stereocenters. The first kappa shape index (κ1) is 21.5. The normalized spacial score (nSPS) is 13.5. The van der Waals surface area contributed by atoms with Crippen LogP contribution in [0.5, 0.6) is 0 Å². The molecule has 1 saturated heterocycles. The summed E-state index contributed by atoms with van der Waals surface area (Å²) in [6, 6.07) is 12.3. The quantitative estimate of drug-likeness (QED) is 0.567. The van der Waals surface area contributed by atoms with E-state index in [2.05, 4.69) is 10.8 Å². The highest BCUT2D eigenvalue weighted by Gasteiger charge is 2.30. The van der Waals surface area contributed by atoms with E-state index < -0.39 is 11.7 Å². The number of ether oxygens (including phenoxy) is 1. The molecule has 0 spiro atoms. The van der Waals surface area contributed by atoms with E-state index in [4.69, 9.17) is 10.00 Å². The van der Waals surface area contributed by atoms with Crippen molar-refractivity contribution >= 4 is 18.8 Å². The second-order valence-electron chi connectivity index (χ2n) is 6.32. The van der Waals surface area contributed by atoms with E-state index in [1.165, 1.54) is 19.2 Å². The second kappa shape index (κ2) is 9.95. The monoisotopic (exact) mass is 388 g/mol. The van der Waals surface area contributed by atoms with Crippen LogP contribution in [0, 0.1) is 11.2 Å². The summed E-state index contributed by atoms with van der Waals surface area (Å²) >= 11 is 0. The fourth-order valence-electron chi connectivity index (χ4n) is 2.94. The molecule has 146 valence electrons. The van der Waals surface area contributed by atoms with Gasteiger partial charge in [-0.25, -0.2) is 5.26 Å². The van der Waals surface area contributed by atoms with Gasteiger partial charge in [0.15, 0.2) is 0 Å². The van der Waals surface area contributed by atoms with Gasteiger partial charge in [-0.05, 0) is 42.6 Å². The Labute approximate surface area is 162 Å². The zero-order valence-electron chi connectivity index (χ0n) is 15.4. The van der Waals surface area contributed by atoms with E-state index in [1.807, 2.05) is 18.2 Å². The topological polar surface area (TPSA) is 53.3 Å². The zero-order valence-corrected chi connectivity index (χ0v) is 15.4. The molecule has 1 aliphatic rings. The van der Waals surface area contributed by atoms with Gasteiger partial charge in [0.25, 0.3) is 0 Å². The molecule has 0 aromatic heterocycles. The van der Waals surface area contributed by atoms with E-state index in [0.29, 0.717) is 12.2 Å². The van der Waals surface area contributed by atoms with Gasteiger partial charge in [-0.3, -0.25) is 4.79 Å². The Kier molecular flexibility index (Phi) is 7.65. The van der Waals surface area contributed by atoms with Crippen molar-refractivity contribution in [2.24, 2.45) is 0 Å². The zero-order chi connectivity index (χ0) is 20.6. The SMILES string of the molecule is COCc1ccc(C(F)(F)F)cc1.N#CB1CCCN1c1cccc(C=O)c1. The van der Waals surface area contributed by atoms with E-state index in [-0.39, 0.29) is 6.85 Å². The fourth-order valence-corrected chi connectivity index (χ4v) is 2.94. The Morgan fingerprint density at radius 2 is 1.96 bits per heavy atom. The van der Waals surface area contributed by atoms with E-state index in [1.54, 1.807) is 6.07 Å². The maximum atomic E-state index is 12.1. The van der Waals surface area contributed by atoms with E-state index in [9.17, 15) is 18.0 Å². The predicted molar refractivity (Wildman–Crippen MR) is 102 cm³/mol. The number of nitriles is 1. The first-order chi connectivity index (χ1) is 13.4. The number of aldehydes is 1. The summed E-state index contributed by atoms with van der Waals surface area (Å²) in [6.07, 6.45) is -1.46. The molecule has 0 N–H and O–H groups in total. The highest BCUT2D eigenvalue weighted by Crippen LogP contribution is 2.29. The van der Waals surface area contributed by atoms with Crippen molar-refractivity contribution in [3.8, 4) is 5.97 Å². The standard InChI is InChI=1S/C11H11BN2O.C9H9F3O/c13-9-12-5-2-6-14(12)11-4-1-3-10(7-11)8-15;1-13-6-7-2-4-8(5-3-7)9(10,11)12/h1,3-4,7-8H,2,5-6H2;2-5H,6H2,1H3. The van der Waals surface area contributed by atoms with Gasteiger partial charge in [-0.1, -0.05) is 24.3 Å². The van der Waals surface area contributed by atoms with Gasteiger partial charge in [0.1, 0.15) is 6.29 Å². The van der Waals surface area contributed by atoms with Crippen LogP contribution < -0.4 is 4.81 Å². The number of methoxy groups -OCH3 is 1. The molecule has 28 heavy (non-hydrogen) atoms. The van der Waals surface area contributed by atoms with Gasteiger partial charge in [0.05, 0.1) is 12.2 Å². The Morgan fingerprint density at radius 3 is 2.54 bits per heavy atom. The van der Waals surface area contributed by atoms with Gasteiger partial charge in [0.2, 0.25) is 0 Å². The number of benzene rings is 2. The minimum absolute atomic E-state index is 0.0353. The van der Waals surface area contributed by atoms with Crippen molar-refractivity contribution in [1.82, 2.24) is 0 Å². The molecule has 1 fully saturated rings. The Bertz CT molecular complexity index is 819. The molecule has 8 heteroatoms. The molecular weight excluding hydrogens is 368 g/mol. The average Bonchev–Trinajstić information content (AvgIpc) is 3.17. The van der Waals surface area contributed by atoms with E-state index >= 15 is 0 Å². The largest absolute Gasteiger partial charge is 0.416 e. The number of halogens is 3. The van der Waals surface area contributed by atoms with Crippen LogP contribution in [0.2, 0.25) is 6.32 Å². The molecule has 0 bridgehead atoms. The summed E-state index contributed by atoms with van der Waals surface area (Å²) in [7, 11) is 1.50. The van der Waals surface area contributed by atoms with Crippen molar-refractivity contribution in [1.29, 1.82) is 5.26 Å². The Balaban J connectivity index is 0.000000203. The van der Waals surface area contributed by atoms with Gasteiger partial charge in [0, 0.05) is 30.9 Å². The van der Waals surface area contributed by atoms with Crippen LogP contribution in [0.4, 0.5) is 18.9 Å². The third-order valence-electron chi connectivity index (χ3n) is 4.33. The number of alkyl halides is 3. The predicted octanol–water partition coefficient (Wildman–Crippen LogP) is 4.62. The van der Waals surface area contributed by atoms with Gasteiger partial charge in [-0.2, -0.15) is 13.2 Å². The minimum Gasteiger partial charge on any atom is -0.402 e. The number of carbonyl (C=O) groups is 1. The molecule has 0 saturated carbocycles. The van der Waals surface area contributed by atoms with Crippen molar-refractivity contribution in [2.75, 3.05) is 18.5 Å². The van der Waals surface area contributed by atoms with Gasteiger partial charge in [-0.15, -0.1) is 0 Å². The summed E-state index contributed by atoms with van der Waals surface area (Å²) in [5, 5.41) is 8.96. The van der Waals surface area contributed by atoms with Crippen LogP contribution >= 0.6 is 0 Å². The summed E-state index contributed by atoms with van der Waals surface area (Å²) < 4.78 is 41.0. The van der Waals surface area contributed by atoms with Crippen molar-refractivity contribution in [3.63, 3.8) is 0 Å². The first-order valence-electron chi connectivity index (χ1n) is 8.75. The molecule has 0 aliphatic carbocycles. The van der Waals surface area contributed by atoms with Crippen molar-refractivity contribution in [3.05, 3.63) is 65.2 Å². The number of nitrogens with zero attached hydrogens (tertiary/aromatic N) is 2. The third kappa shape index (κ3) is 5.86. The van der Waals surface area contributed by atoms with Crippen LogP contribution in [0.25, 0.3) is 0 Å². The number of hydrogen-bond donors (Lipinski definition) is 0. The number of anilines is 1. The molecule has 2 aromatic rings. The third-order valence-corrected chi connectivity index (χ3v) is 4.33. The summed E-state index contributed by atoms with van der Waals surface area (Å²) in [4.78, 5) is 12.7. The molecule has 1 heterocycles. The van der Waals surface area contributed by atoms with Crippen LogP contribution in [0.15, 0.2) is 48.5 Å². The lowest BCUT2D eigenvalue weighted by atomic mass is 9.61. The summed E-state index contributed by atoms with van der Waals surface area (Å²) in [5.41, 5.74) is 1.74. The lowest BCUT2D eigenvalue weighted by Crippen LogP contribution is -2.32. The number of carbonyl (C=O) groups excluding carboxylic acids is 1. The van der Waals surface area contributed by atoms with Crippen molar-refractivity contribution < 1.29 is 22.7 Å². The maximum Gasteiger partial charge on any atom is 0.416 e. The molecular formula is C20H20BF3N2O2. The minimum atomic E-state index is -4.26. The van der Waals surface area contributed by atoms with Crippen LogP contribution in [-0.2, 0) is 17.5 Å². The van der Waals surface area contributed by atoms with Gasteiger partial charge < -0.3 is 9.55 Å². The summed E-state index contributed by atoms with van der Waals surface area (Å²) in [6.45, 7) is 1.20. The molecule has 1 aliphatic heterocycles. The fraction of sp³-hybridized carbons (Fsp3) is 0.300. The Morgan fingerprint density at radius 1 is 1.25 bits per heavy atom. The first-order valence-corrected chi connectivity index (χ1v) is 8.75. The van der Waals surface area contributed by atoms with Crippen LogP contribution in [0.1, 0.15) is 27.9 Å². The maximum absolute atomic E-state index is 12.1.